The van der Waals surface area contributed by atoms with Gasteiger partial charge in [-0.2, -0.15) is 0 Å². The van der Waals surface area contributed by atoms with Gasteiger partial charge in [0.15, 0.2) is 0 Å². The first-order chi connectivity index (χ1) is 9.15. The molecule has 0 aromatic rings. The highest BCUT2D eigenvalue weighted by molar-refractivity contribution is 5.82. The zero-order valence-electron chi connectivity index (χ0n) is 11.1. The summed E-state index contributed by atoms with van der Waals surface area (Å²) in [5, 5.41) is 2.91. The first-order valence-electron chi connectivity index (χ1n) is 6.96. The van der Waals surface area contributed by atoms with Gasteiger partial charge in [-0.05, 0) is 18.8 Å². The number of fused-ring (bicyclic) bond motifs is 1. The Morgan fingerprint density at radius 1 is 1.37 bits per heavy atom. The van der Waals surface area contributed by atoms with E-state index in [9.17, 15) is 9.59 Å². The van der Waals surface area contributed by atoms with Crippen molar-refractivity contribution >= 4 is 11.8 Å². The van der Waals surface area contributed by atoms with Gasteiger partial charge in [0, 0.05) is 19.7 Å². The topological polar surface area (TPSA) is 67.9 Å². The molecule has 3 rings (SSSR count). The molecule has 0 radical (unpaired) electrons. The molecule has 6 heteroatoms. The standard InChI is InChI=1S/C13H20N2O4/c1-8-3-5-18-12(8)13(17)15-4-2-10-9(6-15)14-11(16)7-19-10/h8-10,12H,2-7H2,1H3,(H,14,16)/t8-,9?,10?,12+/m1/s1. The lowest BCUT2D eigenvalue weighted by Crippen LogP contribution is -2.62. The van der Waals surface area contributed by atoms with E-state index in [0.717, 1.165) is 12.8 Å². The highest BCUT2D eigenvalue weighted by Crippen LogP contribution is 2.24. The lowest BCUT2D eigenvalue weighted by Gasteiger charge is -2.41. The molecule has 0 aliphatic carbocycles. The van der Waals surface area contributed by atoms with E-state index in [1.54, 1.807) is 0 Å². The van der Waals surface area contributed by atoms with Gasteiger partial charge in [0.1, 0.15) is 12.7 Å². The smallest absolute Gasteiger partial charge is 0.252 e. The van der Waals surface area contributed by atoms with Gasteiger partial charge in [-0.1, -0.05) is 6.92 Å². The normalized spacial score (nSPS) is 38.8. The SMILES string of the molecule is C[C@@H]1CCO[C@@H]1C(=O)N1CCC2OCC(=O)NC2C1. The molecule has 0 spiro atoms. The largest absolute Gasteiger partial charge is 0.368 e. The molecule has 0 saturated carbocycles. The highest BCUT2D eigenvalue weighted by Gasteiger charge is 2.40. The molecular formula is C13H20N2O4. The average Bonchev–Trinajstić information content (AvgIpc) is 2.83. The van der Waals surface area contributed by atoms with E-state index in [4.69, 9.17) is 9.47 Å². The zero-order valence-corrected chi connectivity index (χ0v) is 11.1. The first-order valence-corrected chi connectivity index (χ1v) is 6.96. The van der Waals surface area contributed by atoms with Crippen molar-refractivity contribution in [1.29, 1.82) is 0 Å². The predicted molar refractivity (Wildman–Crippen MR) is 66.4 cm³/mol. The van der Waals surface area contributed by atoms with Crippen LogP contribution in [0.5, 0.6) is 0 Å². The number of likely N-dealkylation sites (tertiary alicyclic amines) is 1. The van der Waals surface area contributed by atoms with Gasteiger partial charge in [-0.15, -0.1) is 0 Å². The summed E-state index contributed by atoms with van der Waals surface area (Å²) in [4.78, 5) is 25.6. The van der Waals surface area contributed by atoms with E-state index in [1.807, 2.05) is 11.8 Å². The van der Waals surface area contributed by atoms with Crippen LogP contribution in [0.2, 0.25) is 0 Å². The second kappa shape index (κ2) is 5.09. The molecule has 0 aromatic carbocycles. The fourth-order valence-corrected chi connectivity index (χ4v) is 3.09. The maximum Gasteiger partial charge on any atom is 0.252 e. The van der Waals surface area contributed by atoms with Crippen LogP contribution in [0.15, 0.2) is 0 Å². The second-order valence-corrected chi connectivity index (χ2v) is 5.65. The fourth-order valence-electron chi connectivity index (χ4n) is 3.09. The third-order valence-corrected chi connectivity index (χ3v) is 4.27. The Morgan fingerprint density at radius 3 is 2.95 bits per heavy atom. The van der Waals surface area contributed by atoms with Crippen LogP contribution in [0.25, 0.3) is 0 Å². The number of carbonyl (C=O) groups excluding carboxylic acids is 2. The summed E-state index contributed by atoms with van der Waals surface area (Å²) < 4.78 is 11.0. The van der Waals surface area contributed by atoms with Gasteiger partial charge in [-0.3, -0.25) is 9.59 Å². The number of nitrogens with zero attached hydrogens (tertiary/aromatic N) is 1. The quantitative estimate of drug-likeness (QED) is 0.698. The van der Waals surface area contributed by atoms with Crippen LogP contribution in [0.3, 0.4) is 0 Å². The Bertz CT molecular complexity index is 387. The minimum Gasteiger partial charge on any atom is -0.368 e. The Labute approximate surface area is 112 Å². The van der Waals surface area contributed by atoms with Crippen LogP contribution in [0.4, 0.5) is 0 Å². The summed E-state index contributed by atoms with van der Waals surface area (Å²) >= 11 is 0. The van der Waals surface area contributed by atoms with E-state index in [-0.39, 0.29) is 42.6 Å². The molecule has 3 aliphatic rings. The number of piperidine rings is 1. The summed E-state index contributed by atoms with van der Waals surface area (Å²) in [6, 6.07) is -0.0735. The number of hydrogen-bond donors (Lipinski definition) is 1. The Kier molecular flexibility index (Phi) is 3.45. The van der Waals surface area contributed by atoms with Crippen LogP contribution in [0.1, 0.15) is 19.8 Å². The summed E-state index contributed by atoms with van der Waals surface area (Å²) in [7, 11) is 0. The fraction of sp³-hybridized carbons (Fsp3) is 0.846. The third kappa shape index (κ3) is 2.47. The number of amides is 2. The minimum absolute atomic E-state index is 0.0451. The van der Waals surface area contributed by atoms with Gasteiger partial charge in [0.05, 0.1) is 12.1 Å². The Hall–Kier alpha value is -1.14. The Morgan fingerprint density at radius 2 is 2.21 bits per heavy atom. The molecule has 3 heterocycles. The van der Waals surface area contributed by atoms with E-state index in [1.165, 1.54) is 0 Å². The van der Waals surface area contributed by atoms with Crippen molar-refractivity contribution in [3.05, 3.63) is 0 Å². The molecule has 106 valence electrons. The van der Waals surface area contributed by atoms with Crippen LogP contribution in [-0.2, 0) is 19.1 Å². The Balaban J connectivity index is 1.63. The van der Waals surface area contributed by atoms with Gasteiger partial charge < -0.3 is 19.7 Å². The molecule has 0 bridgehead atoms. The van der Waals surface area contributed by atoms with Crippen molar-refractivity contribution in [2.45, 2.75) is 38.0 Å². The molecule has 6 nitrogen and oxygen atoms in total. The monoisotopic (exact) mass is 268 g/mol. The molecule has 3 aliphatic heterocycles. The third-order valence-electron chi connectivity index (χ3n) is 4.27. The number of ether oxygens (including phenoxy) is 2. The second-order valence-electron chi connectivity index (χ2n) is 5.65. The molecule has 2 amide bonds. The molecular weight excluding hydrogens is 248 g/mol. The number of carbonyl (C=O) groups is 2. The first kappa shape index (κ1) is 12.9. The molecule has 19 heavy (non-hydrogen) atoms. The van der Waals surface area contributed by atoms with Gasteiger partial charge in [0.25, 0.3) is 5.91 Å². The maximum atomic E-state index is 12.4. The van der Waals surface area contributed by atoms with Gasteiger partial charge in [-0.25, -0.2) is 0 Å². The van der Waals surface area contributed by atoms with Crippen molar-refractivity contribution in [2.75, 3.05) is 26.3 Å². The average molecular weight is 268 g/mol. The van der Waals surface area contributed by atoms with Crippen molar-refractivity contribution < 1.29 is 19.1 Å². The predicted octanol–water partition coefficient (Wildman–Crippen LogP) is -0.473. The van der Waals surface area contributed by atoms with Crippen molar-refractivity contribution in [2.24, 2.45) is 5.92 Å². The van der Waals surface area contributed by atoms with Crippen LogP contribution >= 0.6 is 0 Å². The number of hydrogen-bond acceptors (Lipinski definition) is 4. The van der Waals surface area contributed by atoms with Gasteiger partial charge in [0.2, 0.25) is 5.91 Å². The number of nitrogens with one attached hydrogen (secondary N) is 1. The molecule has 1 N–H and O–H groups in total. The number of morpholine rings is 1. The lowest BCUT2D eigenvalue weighted by molar-refractivity contribution is -0.152. The number of rotatable bonds is 1. The molecule has 2 unspecified atom stereocenters. The zero-order chi connectivity index (χ0) is 13.4. The highest BCUT2D eigenvalue weighted by atomic mass is 16.5. The van der Waals surface area contributed by atoms with E-state index < -0.39 is 0 Å². The summed E-state index contributed by atoms with van der Waals surface area (Å²) in [5.74, 6) is 0.242. The lowest BCUT2D eigenvalue weighted by atomic mass is 9.98. The molecule has 3 fully saturated rings. The van der Waals surface area contributed by atoms with E-state index in [2.05, 4.69) is 5.32 Å². The van der Waals surface area contributed by atoms with Crippen LogP contribution in [-0.4, -0.2) is 61.3 Å². The van der Waals surface area contributed by atoms with Gasteiger partial charge >= 0.3 is 0 Å². The summed E-state index contributed by atoms with van der Waals surface area (Å²) in [6.07, 6.45) is 1.45. The molecule has 0 aromatic heterocycles. The van der Waals surface area contributed by atoms with Crippen molar-refractivity contribution in [3.63, 3.8) is 0 Å². The van der Waals surface area contributed by atoms with Crippen LogP contribution in [0, 0.1) is 5.92 Å². The van der Waals surface area contributed by atoms with E-state index in [0.29, 0.717) is 19.7 Å². The summed E-state index contributed by atoms with van der Waals surface area (Å²) in [5.41, 5.74) is 0. The molecule has 4 atom stereocenters. The van der Waals surface area contributed by atoms with E-state index >= 15 is 0 Å². The summed E-state index contributed by atoms with van der Waals surface area (Å²) in [6.45, 7) is 4.06. The van der Waals surface area contributed by atoms with Crippen molar-refractivity contribution in [3.8, 4) is 0 Å². The van der Waals surface area contributed by atoms with Crippen LogP contribution < -0.4 is 5.32 Å². The molecule has 3 saturated heterocycles. The minimum atomic E-state index is -0.309. The van der Waals surface area contributed by atoms with Crippen molar-refractivity contribution in [1.82, 2.24) is 10.2 Å². The maximum absolute atomic E-state index is 12.4.